The molecule has 3 rings (SSSR count). The molecule has 0 radical (unpaired) electrons. The van der Waals surface area contributed by atoms with Crippen molar-refractivity contribution in [2.45, 2.75) is 6.92 Å². The fourth-order valence-corrected chi connectivity index (χ4v) is 1.95. The number of hydrogen-bond acceptors (Lipinski definition) is 3. The molecule has 2 aromatic heterocycles. The van der Waals surface area contributed by atoms with Crippen LogP contribution in [-0.4, -0.2) is 22.1 Å². The molecule has 96 valence electrons. The van der Waals surface area contributed by atoms with Crippen LogP contribution in [0.1, 0.15) is 5.56 Å². The van der Waals surface area contributed by atoms with Crippen LogP contribution in [0.25, 0.3) is 22.6 Å². The monoisotopic (exact) mass is 257 g/mol. The lowest BCUT2D eigenvalue weighted by Crippen LogP contribution is -1.89. The van der Waals surface area contributed by atoms with Gasteiger partial charge < -0.3 is 9.72 Å². The van der Waals surface area contributed by atoms with Crippen molar-refractivity contribution in [1.82, 2.24) is 15.0 Å². The average molecular weight is 257 g/mol. The SMILES string of the molecule is COc1cc(-c2nc3ncc(C)cc3[nH]2)ccc1F. The van der Waals surface area contributed by atoms with Crippen molar-refractivity contribution in [2.24, 2.45) is 0 Å². The van der Waals surface area contributed by atoms with Gasteiger partial charge in [-0.1, -0.05) is 0 Å². The lowest BCUT2D eigenvalue weighted by atomic mass is 10.2. The van der Waals surface area contributed by atoms with Crippen LogP contribution in [0, 0.1) is 12.7 Å². The highest BCUT2D eigenvalue weighted by Gasteiger charge is 2.09. The second-order valence-electron chi connectivity index (χ2n) is 4.32. The number of halogens is 1. The summed E-state index contributed by atoms with van der Waals surface area (Å²) in [6, 6.07) is 6.60. The van der Waals surface area contributed by atoms with Crippen LogP contribution in [0.15, 0.2) is 30.5 Å². The van der Waals surface area contributed by atoms with Crippen LogP contribution in [-0.2, 0) is 0 Å². The second kappa shape index (κ2) is 4.35. The van der Waals surface area contributed by atoms with E-state index >= 15 is 0 Å². The van der Waals surface area contributed by atoms with Gasteiger partial charge in [-0.05, 0) is 36.8 Å². The number of fused-ring (bicyclic) bond motifs is 1. The van der Waals surface area contributed by atoms with Gasteiger partial charge in [0, 0.05) is 11.8 Å². The molecule has 19 heavy (non-hydrogen) atoms. The molecule has 0 bridgehead atoms. The minimum absolute atomic E-state index is 0.196. The summed E-state index contributed by atoms with van der Waals surface area (Å²) in [6.45, 7) is 1.97. The molecule has 0 saturated carbocycles. The number of H-pyrrole nitrogens is 1. The highest BCUT2D eigenvalue weighted by atomic mass is 19.1. The van der Waals surface area contributed by atoms with E-state index in [0.717, 1.165) is 16.6 Å². The lowest BCUT2D eigenvalue weighted by molar-refractivity contribution is 0.387. The Bertz CT molecular complexity index is 752. The normalized spacial score (nSPS) is 10.9. The predicted molar refractivity (Wildman–Crippen MR) is 70.6 cm³/mol. The summed E-state index contributed by atoms with van der Waals surface area (Å²) < 4.78 is 18.3. The van der Waals surface area contributed by atoms with E-state index in [2.05, 4.69) is 15.0 Å². The van der Waals surface area contributed by atoms with Crippen molar-refractivity contribution < 1.29 is 9.13 Å². The Hall–Kier alpha value is -2.43. The zero-order chi connectivity index (χ0) is 13.4. The van der Waals surface area contributed by atoms with Crippen molar-refractivity contribution in [3.05, 3.63) is 41.8 Å². The molecule has 0 unspecified atom stereocenters. The molecular weight excluding hydrogens is 245 g/mol. The number of nitrogens with zero attached hydrogens (tertiary/aromatic N) is 2. The summed E-state index contributed by atoms with van der Waals surface area (Å²) >= 11 is 0. The Labute approximate surface area is 109 Å². The molecule has 0 atom stereocenters. The van der Waals surface area contributed by atoms with Gasteiger partial charge in [0.1, 0.15) is 5.82 Å². The van der Waals surface area contributed by atoms with Gasteiger partial charge in [0.05, 0.1) is 12.6 Å². The van der Waals surface area contributed by atoms with E-state index in [1.807, 2.05) is 13.0 Å². The predicted octanol–water partition coefficient (Wildman–Crippen LogP) is 3.08. The second-order valence-corrected chi connectivity index (χ2v) is 4.32. The Kier molecular flexibility index (Phi) is 2.67. The summed E-state index contributed by atoms with van der Waals surface area (Å²) in [5, 5.41) is 0. The molecular formula is C14H12FN3O. The summed E-state index contributed by atoms with van der Waals surface area (Å²) in [7, 11) is 1.44. The lowest BCUT2D eigenvalue weighted by Gasteiger charge is -2.03. The highest BCUT2D eigenvalue weighted by Crippen LogP contribution is 2.25. The summed E-state index contributed by atoms with van der Waals surface area (Å²) in [5.74, 6) is 0.449. The van der Waals surface area contributed by atoms with Gasteiger partial charge in [-0.25, -0.2) is 14.4 Å². The van der Waals surface area contributed by atoms with E-state index in [1.54, 1.807) is 18.3 Å². The van der Waals surface area contributed by atoms with Gasteiger partial charge in [0.25, 0.3) is 0 Å². The number of pyridine rings is 1. The Morgan fingerprint density at radius 2 is 2.11 bits per heavy atom. The number of methoxy groups -OCH3 is 1. The van der Waals surface area contributed by atoms with Crippen molar-refractivity contribution in [2.75, 3.05) is 7.11 Å². The number of aromatic nitrogens is 3. The third-order valence-electron chi connectivity index (χ3n) is 2.90. The molecule has 0 aliphatic rings. The molecule has 0 fully saturated rings. The smallest absolute Gasteiger partial charge is 0.178 e. The summed E-state index contributed by atoms with van der Waals surface area (Å²) in [4.78, 5) is 11.8. The fraction of sp³-hybridized carbons (Fsp3) is 0.143. The first-order valence-corrected chi connectivity index (χ1v) is 5.83. The van der Waals surface area contributed by atoms with Crippen LogP contribution >= 0.6 is 0 Å². The largest absolute Gasteiger partial charge is 0.494 e. The number of nitrogens with one attached hydrogen (secondary N) is 1. The average Bonchev–Trinajstić information content (AvgIpc) is 2.82. The molecule has 0 aliphatic carbocycles. The fourth-order valence-electron chi connectivity index (χ4n) is 1.95. The number of imidazole rings is 1. The quantitative estimate of drug-likeness (QED) is 0.767. The third-order valence-corrected chi connectivity index (χ3v) is 2.90. The van der Waals surface area contributed by atoms with Gasteiger partial charge >= 0.3 is 0 Å². The van der Waals surface area contributed by atoms with Crippen LogP contribution < -0.4 is 4.74 Å². The van der Waals surface area contributed by atoms with Gasteiger partial charge in [0.2, 0.25) is 0 Å². The Morgan fingerprint density at radius 1 is 1.26 bits per heavy atom. The zero-order valence-electron chi connectivity index (χ0n) is 10.6. The van der Waals surface area contributed by atoms with Gasteiger partial charge in [0.15, 0.2) is 17.2 Å². The first kappa shape index (κ1) is 11.6. The third kappa shape index (κ3) is 2.03. The number of aryl methyl sites for hydroxylation is 1. The Morgan fingerprint density at radius 3 is 2.89 bits per heavy atom. The minimum atomic E-state index is -0.392. The summed E-state index contributed by atoms with van der Waals surface area (Å²) in [5.41, 5.74) is 3.32. The van der Waals surface area contributed by atoms with E-state index in [-0.39, 0.29) is 5.75 Å². The number of hydrogen-bond donors (Lipinski definition) is 1. The van der Waals surface area contributed by atoms with Gasteiger partial charge in [-0.3, -0.25) is 0 Å². The number of aromatic amines is 1. The van der Waals surface area contributed by atoms with Crippen molar-refractivity contribution in [3.63, 3.8) is 0 Å². The number of ether oxygens (including phenoxy) is 1. The molecule has 3 aromatic rings. The minimum Gasteiger partial charge on any atom is -0.494 e. The van der Waals surface area contributed by atoms with E-state index in [1.165, 1.54) is 13.2 Å². The van der Waals surface area contributed by atoms with Crippen LogP contribution in [0.3, 0.4) is 0 Å². The van der Waals surface area contributed by atoms with Crippen LogP contribution in [0.5, 0.6) is 5.75 Å². The maximum Gasteiger partial charge on any atom is 0.178 e. The first-order chi connectivity index (χ1) is 9.17. The summed E-state index contributed by atoms with van der Waals surface area (Å²) in [6.07, 6.45) is 1.76. The zero-order valence-corrected chi connectivity index (χ0v) is 10.6. The Balaban J connectivity index is 2.13. The van der Waals surface area contributed by atoms with Crippen LogP contribution in [0.4, 0.5) is 4.39 Å². The van der Waals surface area contributed by atoms with E-state index in [0.29, 0.717) is 11.5 Å². The molecule has 1 aromatic carbocycles. The maximum atomic E-state index is 13.4. The molecule has 0 saturated heterocycles. The molecule has 5 heteroatoms. The van der Waals surface area contributed by atoms with Crippen molar-refractivity contribution in [3.8, 4) is 17.1 Å². The molecule has 0 amide bonds. The van der Waals surface area contributed by atoms with Crippen molar-refractivity contribution >= 4 is 11.2 Å². The van der Waals surface area contributed by atoms with E-state index in [4.69, 9.17) is 4.74 Å². The number of benzene rings is 1. The number of rotatable bonds is 2. The standard InChI is InChI=1S/C14H12FN3O/c1-8-5-11-14(16-7-8)18-13(17-11)9-3-4-10(15)12(6-9)19-2/h3-7H,1-2H3,(H,16,17,18). The van der Waals surface area contributed by atoms with Gasteiger partial charge in [-0.15, -0.1) is 0 Å². The van der Waals surface area contributed by atoms with Crippen LogP contribution in [0.2, 0.25) is 0 Å². The molecule has 0 aliphatic heterocycles. The topological polar surface area (TPSA) is 50.8 Å². The first-order valence-electron chi connectivity index (χ1n) is 5.83. The maximum absolute atomic E-state index is 13.4. The van der Waals surface area contributed by atoms with E-state index < -0.39 is 5.82 Å². The molecule has 0 spiro atoms. The molecule has 1 N–H and O–H groups in total. The molecule has 4 nitrogen and oxygen atoms in total. The molecule has 2 heterocycles. The van der Waals surface area contributed by atoms with E-state index in [9.17, 15) is 4.39 Å². The highest BCUT2D eigenvalue weighted by molar-refractivity contribution is 5.76. The van der Waals surface area contributed by atoms with Crippen molar-refractivity contribution in [1.29, 1.82) is 0 Å². The van der Waals surface area contributed by atoms with Gasteiger partial charge in [-0.2, -0.15) is 0 Å².